The monoisotopic (exact) mass is 261 g/mol. The van der Waals surface area contributed by atoms with E-state index in [0.717, 1.165) is 12.8 Å². The third-order valence-electron chi connectivity index (χ3n) is 4.34. The third-order valence-corrected chi connectivity index (χ3v) is 4.34. The van der Waals surface area contributed by atoms with Crippen LogP contribution in [0.5, 0.6) is 0 Å². The molecule has 1 radical (unpaired) electrons. The molecule has 0 saturated carbocycles. The summed E-state index contributed by atoms with van der Waals surface area (Å²) in [4.78, 5) is 0. The van der Waals surface area contributed by atoms with Crippen LogP contribution in [0.3, 0.4) is 0 Å². The highest BCUT2D eigenvalue weighted by Crippen LogP contribution is 2.30. The van der Waals surface area contributed by atoms with Crippen LogP contribution in [0.1, 0.15) is 31.7 Å². The topological polar surface area (TPSA) is 0 Å². The predicted molar refractivity (Wildman–Crippen MR) is 86.7 cm³/mol. The standard InChI is InChI=1S/C20H21/c1-15(2)18-10-7-16(8-11-18)13-17-9-12-19-5-3-4-6-20(19)14-17/h3-7,9,12,18H,1,8,10-11,13H2,2H3. The Bertz CT molecular complexity index is 661. The zero-order valence-electron chi connectivity index (χ0n) is 12.2. The molecular formula is C20H21. The number of benzene rings is 2. The van der Waals surface area contributed by atoms with E-state index in [0.29, 0.717) is 5.92 Å². The van der Waals surface area contributed by atoms with Crippen LogP contribution in [-0.4, -0.2) is 0 Å². The van der Waals surface area contributed by atoms with E-state index in [-0.39, 0.29) is 0 Å². The Hall–Kier alpha value is -1.82. The Morgan fingerprint density at radius 2 is 2.10 bits per heavy atom. The first-order valence-electron chi connectivity index (χ1n) is 7.45. The van der Waals surface area contributed by atoms with Crippen molar-refractivity contribution in [1.29, 1.82) is 0 Å². The molecule has 0 saturated heterocycles. The van der Waals surface area contributed by atoms with E-state index in [1.54, 1.807) is 5.57 Å². The van der Waals surface area contributed by atoms with Gasteiger partial charge in [-0.05, 0) is 60.9 Å². The van der Waals surface area contributed by atoms with Gasteiger partial charge in [0.15, 0.2) is 0 Å². The first kappa shape index (κ1) is 13.2. The molecule has 0 spiro atoms. The van der Waals surface area contributed by atoms with Gasteiger partial charge in [-0.15, -0.1) is 0 Å². The minimum absolute atomic E-state index is 0.694. The lowest BCUT2D eigenvalue weighted by atomic mass is 9.83. The Morgan fingerprint density at radius 1 is 1.25 bits per heavy atom. The summed E-state index contributed by atoms with van der Waals surface area (Å²) in [5.41, 5.74) is 4.20. The van der Waals surface area contributed by atoms with E-state index in [9.17, 15) is 0 Å². The van der Waals surface area contributed by atoms with E-state index in [1.807, 2.05) is 0 Å². The van der Waals surface area contributed by atoms with Gasteiger partial charge in [-0.1, -0.05) is 60.2 Å². The molecule has 1 atom stereocenters. The molecule has 2 aromatic carbocycles. The van der Waals surface area contributed by atoms with Crippen molar-refractivity contribution in [2.24, 2.45) is 5.92 Å². The van der Waals surface area contributed by atoms with E-state index in [4.69, 9.17) is 0 Å². The molecule has 2 aromatic rings. The van der Waals surface area contributed by atoms with Crippen LogP contribution in [0.25, 0.3) is 10.8 Å². The van der Waals surface area contributed by atoms with Gasteiger partial charge in [0.1, 0.15) is 0 Å². The lowest BCUT2D eigenvalue weighted by Crippen LogP contribution is -2.07. The summed E-state index contributed by atoms with van der Waals surface area (Å²) in [6, 6.07) is 16.4. The molecule has 101 valence electrons. The lowest BCUT2D eigenvalue weighted by Gasteiger charge is -2.22. The highest BCUT2D eigenvalue weighted by atomic mass is 14.2. The SMILES string of the molecule is C=C(C)C1CC=C(Cc2[c]c3ccccc3cc2)CC1. The Morgan fingerprint density at radius 3 is 2.85 bits per heavy atom. The average molecular weight is 261 g/mol. The van der Waals surface area contributed by atoms with Gasteiger partial charge in [0.05, 0.1) is 0 Å². The molecule has 3 rings (SSSR count). The summed E-state index contributed by atoms with van der Waals surface area (Å²) < 4.78 is 0. The van der Waals surface area contributed by atoms with Gasteiger partial charge >= 0.3 is 0 Å². The maximum Gasteiger partial charge on any atom is -0.00607 e. The molecule has 0 heterocycles. The quantitative estimate of drug-likeness (QED) is 0.641. The lowest BCUT2D eigenvalue weighted by molar-refractivity contribution is 0.535. The van der Waals surface area contributed by atoms with Crippen LogP contribution in [0.15, 0.2) is 60.2 Å². The number of allylic oxidation sites excluding steroid dienone is 3. The fourth-order valence-electron chi connectivity index (χ4n) is 3.01. The normalized spacial score (nSPS) is 18.9. The van der Waals surface area contributed by atoms with Crippen LogP contribution in [-0.2, 0) is 6.42 Å². The molecule has 1 unspecified atom stereocenters. The summed E-state index contributed by atoms with van der Waals surface area (Å²) in [7, 11) is 0. The molecule has 0 amide bonds. The molecule has 0 aromatic heterocycles. The third kappa shape index (κ3) is 2.85. The van der Waals surface area contributed by atoms with Gasteiger partial charge in [0.2, 0.25) is 0 Å². The van der Waals surface area contributed by atoms with Gasteiger partial charge in [0.25, 0.3) is 0 Å². The molecule has 0 aliphatic heterocycles. The second-order valence-electron chi connectivity index (χ2n) is 5.93. The molecule has 20 heavy (non-hydrogen) atoms. The zero-order valence-corrected chi connectivity index (χ0v) is 12.2. The number of hydrogen-bond acceptors (Lipinski definition) is 0. The first-order chi connectivity index (χ1) is 9.72. The van der Waals surface area contributed by atoms with Crippen molar-refractivity contribution in [2.45, 2.75) is 32.6 Å². The molecule has 0 bridgehead atoms. The Kier molecular flexibility index (Phi) is 3.73. The predicted octanol–water partition coefficient (Wildman–Crippen LogP) is 5.49. The van der Waals surface area contributed by atoms with Crippen LogP contribution < -0.4 is 0 Å². The fourth-order valence-corrected chi connectivity index (χ4v) is 3.01. The molecule has 0 fully saturated rings. The molecular weight excluding hydrogens is 240 g/mol. The van der Waals surface area contributed by atoms with Crippen molar-refractivity contribution in [3.05, 3.63) is 71.8 Å². The Balaban J connectivity index is 1.75. The van der Waals surface area contributed by atoms with E-state index >= 15 is 0 Å². The smallest absolute Gasteiger partial charge is 0.00607 e. The second kappa shape index (κ2) is 5.66. The van der Waals surface area contributed by atoms with Crippen molar-refractivity contribution in [2.75, 3.05) is 0 Å². The van der Waals surface area contributed by atoms with Crippen molar-refractivity contribution in [3.8, 4) is 0 Å². The summed E-state index contributed by atoms with van der Waals surface area (Å²) >= 11 is 0. The maximum atomic E-state index is 4.09. The average Bonchev–Trinajstić information content (AvgIpc) is 2.48. The molecule has 0 nitrogen and oxygen atoms in total. The first-order valence-corrected chi connectivity index (χ1v) is 7.45. The van der Waals surface area contributed by atoms with Gasteiger partial charge in [-0.3, -0.25) is 0 Å². The van der Waals surface area contributed by atoms with Gasteiger partial charge in [0, 0.05) is 0 Å². The van der Waals surface area contributed by atoms with Crippen LogP contribution in [0.2, 0.25) is 0 Å². The summed E-state index contributed by atoms with van der Waals surface area (Å²) in [5.74, 6) is 0.694. The second-order valence-corrected chi connectivity index (χ2v) is 5.93. The Labute approximate surface area is 121 Å². The summed E-state index contributed by atoms with van der Waals surface area (Å²) in [6.45, 7) is 6.24. The number of rotatable bonds is 3. The van der Waals surface area contributed by atoms with E-state index < -0.39 is 0 Å². The van der Waals surface area contributed by atoms with Crippen molar-refractivity contribution >= 4 is 10.8 Å². The molecule has 1 aliphatic rings. The van der Waals surface area contributed by atoms with Gasteiger partial charge < -0.3 is 0 Å². The summed E-state index contributed by atoms with van der Waals surface area (Å²) in [5, 5.41) is 2.50. The number of fused-ring (bicyclic) bond motifs is 1. The molecule has 0 N–H and O–H groups in total. The van der Waals surface area contributed by atoms with Crippen LogP contribution >= 0.6 is 0 Å². The van der Waals surface area contributed by atoms with Gasteiger partial charge in [-0.25, -0.2) is 0 Å². The summed E-state index contributed by atoms with van der Waals surface area (Å²) in [6.07, 6.45) is 7.10. The van der Waals surface area contributed by atoms with Crippen molar-refractivity contribution in [1.82, 2.24) is 0 Å². The number of hydrogen-bond donors (Lipinski definition) is 0. The van der Waals surface area contributed by atoms with Gasteiger partial charge in [-0.2, -0.15) is 0 Å². The molecule has 1 aliphatic carbocycles. The van der Waals surface area contributed by atoms with Crippen molar-refractivity contribution in [3.63, 3.8) is 0 Å². The van der Waals surface area contributed by atoms with E-state index in [2.05, 4.69) is 62.0 Å². The largest absolute Gasteiger partial charge is 0.0998 e. The minimum atomic E-state index is 0.694. The highest BCUT2D eigenvalue weighted by Gasteiger charge is 2.15. The van der Waals surface area contributed by atoms with Crippen LogP contribution in [0.4, 0.5) is 0 Å². The maximum absolute atomic E-state index is 4.09. The fraction of sp³-hybridized carbons (Fsp3) is 0.300. The molecule has 0 heteroatoms. The van der Waals surface area contributed by atoms with E-state index in [1.165, 1.54) is 34.8 Å². The zero-order chi connectivity index (χ0) is 13.9. The van der Waals surface area contributed by atoms with Crippen molar-refractivity contribution < 1.29 is 0 Å². The minimum Gasteiger partial charge on any atom is -0.0998 e. The van der Waals surface area contributed by atoms with Crippen LogP contribution in [0, 0.1) is 12.0 Å². The highest BCUT2D eigenvalue weighted by molar-refractivity contribution is 5.82.